The number of carbonyl (C=O) groups excluding carboxylic acids is 1. The molecule has 3 aromatic carbocycles. The van der Waals surface area contributed by atoms with Gasteiger partial charge in [-0.1, -0.05) is 29.5 Å². The first-order valence-electron chi connectivity index (χ1n) is 10.1. The highest BCUT2D eigenvalue weighted by molar-refractivity contribution is 7.99. The lowest BCUT2D eigenvalue weighted by Gasteiger charge is -2.04. The molecular weight excluding hydrogens is 412 g/mol. The van der Waals surface area contributed by atoms with Crippen molar-refractivity contribution in [3.05, 3.63) is 59.7 Å². The Morgan fingerprint density at radius 1 is 1.17 bits per heavy atom. The van der Waals surface area contributed by atoms with E-state index in [1.165, 1.54) is 26.8 Å². The third kappa shape index (κ3) is 3.77. The predicted molar refractivity (Wildman–Crippen MR) is 126 cm³/mol. The molecule has 6 heteroatoms. The second-order valence-electron chi connectivity index (χ2n) is 7.42. The van der Waals surface area contributed by atoms with Gasteiger partial charge in [0.2, 0.25) is 5.91 Å². The molecule has 1 N–H and O–H groups in total. The molecule has 30 heavy (non-hydrogen) atoms. The largest absolute Gasteiger partial charge is 0.497 e. The van der Waals surface area contributed by atoms with Gasteiger partial charge in [-0.25, -0.2) is 4.98 Å². The Bertz CT molecular complexity index is 1230. The van der Waals surface area contributed by atoms with E-state index < -0.39 is 0 Å². The number of ether oxygens (including phenoxy) is 1. The number of aromatic nitrogens is 1. The van der Waals surface area contributed by atoms with Crippen molar-refractivity contribution in [3.8, 4) is 5.75 Å². The standard InChI is InChI=1S/C24H22N2O2S2/c1-28-17-9-11-18(12-10-17)29-13-3-6-21(27)25-24-26-23-19-5-2-4-15-7-8-16(22(15)19)14-20(23)30-24/h2,4-5,9-12,14H,3,6-8,13H2,1H3,(H,25,26,27). The van der Waals surface area contributed by atoms with E-state index >= 15 is 0 Å². The molecule has 0 unspecified atom stereocenters. The van der Waals surface area contributed by atoms with Gasteiger partial charge in [0, 0.05) is 16.7 Å². The van der Waals surface area contributed by atoms with Crippen LogP contribution in [0.15, 0.2) is 53.4 Å². The quantitative estimate of drug-likeness (QED) is 0.283. The van der Waals surface area contributed by atoms with Crippen molar-refractivity contribution < 1.29 is 9.53 Å². The lowest BCUT2D eigenvalue weighted by molar-refractivity contribution is -0.116. The van der Waals surface area contributed by atoms with Crippen LogP contribution in [0.1, 0.15) is 24.0 Å². The summed E-state index contributed by atoms with van der Waals surface area (Å²) < 4.78 is 6.33. The Labute approximate surface area is 183 Å². The normalized spacial score (nSPS) is 12.6. The van der Waals surface area contributed by atoms with Crippen molar-refractivity contribution in [3.63, 3.8) is 0 Å². The molecule has 1 amide bonds. The summed E-state index contributed by atoms with van der Waals surface area (Å²) in [4.78, 5) is 18.3. The number of hydrogen-bond acceptors (Lipinski definition) is 5. The zero-order valence-electron chi connectivity index (χ0n) is 16.7. The van der Waals surface area contributed by atoms with Crippen molar-refractivity contribution in [1.82, 2.24) is 4.98 Å². The Morgan fingerprint density at radius 2 is 2.00 bits per heavy atom. The maximum Gasteiger partial charge on any atom is 0.226 e. The number of amides is 1. The summed E-state index contributed by atoms with van der Waals surface area (Å²) in [5.74, 6) is 1.79. The van der Waals surface area contributed by atoms with Crippen LogP contribution in [0.25, 0.3) is 21.0 Å². The molecule has 1 aliphatic carbocycles. The number of hydrogen-bond donors (Lipinski definition) is 1. The molecule has 1 heterocycles. The fourth-order valence-electron chi connectivity index (χ4n) is 4.03. The van der Waals surface area contributed by atoms with Gasteiger partial charge in [0.1, 0.15) is 5.75 Å². The van der Waals surface area contributed by atoms with E-state index in [0.29, 0.717) is 11.6 Å². The number of benzene rings is 3. The van der Waals surface area contributed by atoms with Crippen LogP contribution in [-0.4, -0.2) is 23.8 Å². The van der Waals surface area contributed by atoms with Crippen LogP contribution in [0, 0.1) is 0 Å². The first-order chi connectivity index (χ1) is 14.7. The number of thiazole rings is 1. The van der Waals surface area contributed by atoms with Crippen LogP contribution in [0.5, 0.6) is 5.75 Å². The lowest BCUT2D eigenvalue weighted by atomic mass is 10.0. The van der Waals surface area contributed by atoms with Crippen molar-refractivity contribution in [1.29, 1.82) is 0 Å². The van der Waals surface area contributed by atoms with E-state index in [9.17, 15) is 4.79 Å². The highest BCUT2D eigenvalue weighted by atomic mass is 32.2. The molecule has 1 aromatic heterocycles. The number of rotatable bonds is 7. The molecular formula is C24H22N2O2S2. The van der Waals surface area contributed by atoms with Crippen molar-refractivity contribution >= 4 is 55.1 Å². The Hall–Kier alpha value is -2.57. The van der Waals surface area contributed by atoms with Gasteiger partial charge < -0.3 is 10.1 Å². The highest BCUT2D eigenvalue weighted by Crippen LogP contribution is 2.39. The number of anilines is 1. The SMILES string of the molecule is COc1ccc(SCCCC(=O)Nc2nc3c(cc4c5c(cccc53)CC4)s2)cc1. The van der Waals surface area contributed by atoms with Crippen LogP contribution < -0.4 is 10.1 Å². The average Bonchev–Trinajstić information content (AvgIpc) is 3.37. The first-order valence-corrected chi connectivity index (χ1v) is 11.9. The monoisotopic (exact) mass is 434 g/mol. The fourth-order valence-corrected chi connectivity index (χ4v) is 5.85. The number of fused-ring (bicyclic) bond motifs is 2. The molecule has 1 aliphatic rings. The Morgan fingerprint density at radius 3 is 2.83 bits per heavy atom. The number of nitrogens with zero attached hydrogens (tertiary/aromatic N) is 1. The molecule has 0 radical (unpaired) electrons. The van der Waals surface area contributed by atoms with E-state index in [1.54, 1.807) is 30.2 Å². The Kier molecular flexibility index (Phi) is 5.35. The third-order valence-electron chi connectivity index (χ3n) is 5.47. The lowest BCUT2D eigenvalue weighted by Crippen LogP contribution is -2.11. The minimum atomic E-state index is 0.0294. The van der Waals surface area contributed by atoms with Gasteiger partial charge >= 0.3 is 0 Å². The molecule has 4 nitrogen and oxygen atoms in total. The number of methoxy groups -OCH3 is 1. The maximum absolute atomic E-state index is 12.4. The zero-order valence-corrected chi connectivity index (χ0v) is 18.4. The second-order valence-corrected chi connectivity index (χ2v) is 9.62. The Balaban J connectivity index is 1.21. The minimum Gasteiger partial charge on any atom is -0.497 e. The van der Waals surface area contributed by atoms with Crippen LogP contribution in [0.4, 0.5) is 5.13 Å². The minimum absolute atomic E-state index is 0.0294. The van der Waals surface area contributed by atoms with E-state index in [2.05, 4.69) is 29.6 Å². The van der Waals surface area contributed by atoms with Crippen LogP contribution in [-0.2, 0) is 17.6 Å². The van der Waals surface area contributed by atoms with Gasteiger partial charge in [-0.15, -0.1) is 11.8 Å². The van der Waals surface area contributed by atoms with Gasteiger partial charge in [0.15, 0.2) is 5.13 Å². The van der Waals surface area contributed by atoms with Crippen molar-refractivity contribution in [2.75, 3.05) is 18.2 Å². The summed E-state index contributed by atoms with van der Waals surface area (Å²) >= 11 is 3.33. The maximum atomic E-state index is 12.4. The first kappa shape index (κ1) is 19.4. The summed E-state index contributed by atoms with van der Waals surface area (Å²) in [5, 5.41) is 6.28. The summed E-state index contributed by atoms with van der Waals surface area (Å²) in [5.41, 5.74) is 3.83. The predicted octanol–water partition coefficient (Wildman–Crippen LogP) is 6.07. The van der Waals surface area contributed by atoms with Crippen LogP contribution in [0.3, 0.4) is 0 Å². The molecule has 0 fully saturated rings. The molecule has 0 bridgehead atoms. The number of carbonyl (C=O) groups is 1. The van der Waals surface area contributed by atoms with Crippen molar-refractivity contribution in [2.24, 2.45) is 0 Å². The van der Waals surface area contributed by atoms with E-state index in [0.717, 1.165) is 41.0 Å². The third-order valence-corrected chi connectivity index (χ3v) is 7.49. The number of thioether (sulfide) groups is 1. The molecule has 0 aliphatic heterocycles. The highest BCUT2D eigenvalue weighted by Gasteiger charge is 2.18. The molecule has 0 atom stereocenters. The molecule has 5 rings (SSSR count). The summed E-state index contributed by atoms with van der Waals surface area (Å²) in [6.45, 7) is 0. The summed E-state index contributed by atoms with van der Waals surface area (Å²) in [7, 11) is 1.67. The molecule has 0 saturated heterocycles. The molecule has 4 aromatic rings. The molecule has 0 spiro atoms. The van der Waals surface area contributed by atoms with E-state index in [1.807, 2.05) is 24.3 Å². The van der Waals surface area contributed by atoms with Gasteiger partial charge in [-0.2, -0.15) is 0 Å². The van der Waals surface area contributed by atoms with Crippen molar-refractivity contribution in [2.45, 2.75) is 30.6 Å². The van der Waals surface area contributed by atoms with Gasteiger partial charge in [-0.3, -0.25) is 4.79 Å². The topological polar surface area (TPSA) is 51.2 Å². The zero-order chi connectivity index (χ0) is 20.5. The smallest absolute Gasteiger partial charge is 0.226 e. The summed E-state index contributed by atoms with van der Waals surface area (Å²) in [6, 6.07) is 16.7. The average molecular weight is 435 g/mol. The van der Waals surface area contributed by atoms with Gasteiger partial charge in [0.05, 0.1) is 17.3 Å². The van der Waals surface area contributed by atoms with Crippen LogP contribution >= 0.6 is 23.1 Å². The second kappa shape index (κ2) is 8.28. The van der Waals surface area contributed by atoms with Crippen LogP contribution in [0.2, 0.25) is 0 Å². The fraction of sp³-hybridized carbons (Fsp3) is 0.250. The number of aryl methyl sites for hydroxylation is 2. The number of nitrogens with one attached hydrogen (secondary N) is 1. The van der Waals surface area contributed by atoms with Gasteiger partial charge in [-0.05, 0) is 71.9 Å². The van der Waals surface area contributed by atoms with Gasteiger partial charge in [0.25, 0.3) is 0 Å². The summed E-state index contributed by atoms with van der Waals surface area (Å²) in [6.07, 6.45) is 3.53. The molecule has 152 valence electrons. The van der Waals surface area contributed by atoms with E-state index in [-0.39, 0.29) is 5.91 Å². The molecule has 0 saturated carbocycles. The van der Waals surface area contributed by atoms with E-state index in [4.69, 9.17) is 9.72 Å².